The maximum Gasteiger partial charge on any atom is 0.182 e. The molecule has 2 rings (SSSR count). The van der Waals surface area contributed by atoms with Crippen molar-refractivity contribution >= 4 is 5.69 Å². The van der Waals surface area contributed by atoms with Crippen LogP contribution in [0.15, 0.2) is 18.2 Å². The van der Waals surface area contributed by atoms with E-state index >= 15 is 0 Å². The fourth-order valence-corrected chi connectivity index (χ4v) is 2.89. The number of aromatic nitrogens is 4. The van der Waals surface area contributed by atoms with Gasteiger partial charge in [-0.05, 0) is 54.3 Å². The first-order valence-corrected chi connectivity index (χ1v) is 6.94. The van der Waals surface area contributed by atoms with Crippen LogP contribution >= 0.6 is 0 Å². The summed E-state index contributed by atoms with van der Waals surface area (Å²) >= 11 is 0. The van der Waals surface area contributed by atoms with Crippen molar-refractivity contribution in [3.05, 3.63) is 24.0 Å². The van der Waals surface area contributed by atoms with Crippen LogP contribution in [0, 0.1) is 11.2 Å². The lowest BCUT2D eigenvalue weighted by Gasteiger charge is -2.32. The molecule has 0 bridgehead atoms. The Morgan fingerprint density at radius 2 is 1.81 bits per heavy atom. The summed E-state index contributed by atoms with van der Waals surface area (Å²) in [5, 5.41) is 11.9. The molecule has 1 aromatic heterocycles. The minimum atomic E-state index is -0.395. The van der Waals surface area contributed by atoms with Gasteiger partial charge < -0.3 is 5.73 Å². The van der Waals surface area contributed by atoms with Crippen LogP contribution in [0.4, 0.5) is 10.1 Å². The molecule has 0 aliphatic carbocycles. The van der Waals surface area contributed by atoms with E-state index in [9.17, 15) is 4.39 Å². The number of nitrogens with two attached hydrogens (primary N) is 1. The van der Waals surface area contributed by atoms with E-state index in [0.29, 0.717) is 17.1 Å². The van der Waals surface area contributed by atoms with Crippen molar-refractivity contribution in [2.45, 2.75) is 46.6 Å². The lowest BCUT2D eigenvalue weighted by atomic mass is 9.82. The van der Waals surface area contributed by atoms with Gasteiger partial charge in [0.1, 0.15) is 5.82 Å². The highest BCUT2D eigenvalue weighted by Crippen LogP contribution is 2.34. The summed E-state index contributed by atoms with van der Waals surface area (Å²) in [6.07, 6.45) is 0.878. The number of benzene rings is 1. The van der Waals surface area contributed by atoms with Gasteiger partial charge in [-0.1, -0.05) is 20.8 Å². The smallest absolute Gasteiger partial charge is 0.182 e. The number of hydrogen-bond donors (Lipinski definition) is 1. The third kappa shape index (κ3) is 3.56. The Morgan fingerprint density at radius 1 is 1.14 bits per heavy atom. The molecule has 0 saturated carbocycles. The maximum absolute atomic E-state index is 13.6. The fraction of sp³-hybridized carbons (Fsp3) is 0.533. The average molecular weight is 291 g/mol. The van der Waals surface area contributed by atoms with Crippen LogP contribution in [0.5, 0.6) is 0 Å². The van der Waals surface area contributed by atoms with Crippen molar-refractivity contribution in [1.29, 1.82) is 0 Å². The lowest BCUT2D eigenvalue weighted by Crippen LogP contribution is -2.33. The van der Waals surface area contributed by atoms with Crippen molar-refractivity contribution in [3.63, 3.8) is 0 Å². The van der Waals surface area contributed by atoms with Gasteiger partial charge in [0.05, 0.1) is 5.54 Å². The molecule has 1 heterocycles. The highest BCUT2D eigenvalue weighted by molar-refractivity contribution is 5.61. The van der Waals surface area contributed by atoms with Crippen molar-refractivity contribution in [3.8, 4) is 11.4 Å². The predicted octanol–water partition coefficient (Wildman–Crippen LogP) is 3.23. The topological polar surface area (TPSA) is 69.6 Å². The molecule has 5 nitrogen and oxygen atoms in total. The molecule has 1 aromatic carbocycles. The van der Waals surface area contributed by atoms with Gasteiger partial charge in [-0.3, -0.25) is 0 Å². The molecule has 0 atom stereocenters. The Hall–Kier alpha value is -1.98. The molecule has 0 aliphatic rings. The monoisotopic (exact) mass is 291 g/mol. The SMILES string of the molecule is CC(C)(C)CC(C)(C)n1nnnc1-c1cc(N)cc(F)c1. The number of hydrogen-bond acceptors (Lipinski definition) is 4. The molecular weight excluding hydrogens is 269 g/mol. The van der Waals surface area contributed by atoms with Crippen molar-refractivity contribution in [1.82, 2.24) is 20.2 Å². The van der Waals surface area contributed by atoms with Gasteiger partial charge in [0.15, 0.2) is 5.82 Å². The van der Waals surface area contributed by atoms with Gasteiger partial charge in [-0.15, -0.1) is 5.10 Å². The first kappa shape index (κ1) is 15.4. The lowest BCUT2D eigenvalue weighted by molar-refractivity contribution is 0.197. The summed E-state index contributed by atoms with van der Waals surface area (Å²) in [5.41, 5.74) is 6.47. The average Bonchev–Trinajstić information content (AvgIpc) is 2.73. The van der Waals surface area contributed by atoms with Crippen LogP contribution < -0.4 is 5.73 Å². The molecule has 0 saturated heterocycles. The van der Waals surface area contributed by atoms with Gasteiger partial charge in [-0.25, -0.2) is 9.07 Å². The second-order valence-corrected chi connectivity index (χ2v) is 7.24. The minimum Gasteiger partial charge on any atom is -0.399 e. The van der Waals surface area contributed by atoms with Crippen LogP contribution in [-0.4, -0.2) is 20.2 Å². The Bertz CT molecular complexity index is 620. The van der Waals surface area contributed by atoms with Crippen molar-refractivity contribution in [2.24, 2.45) is 5.41 Å². The fourth-order valence-electron chi connectivity index (χ4n) is 2.89. The number of nitrogens with zero attached hydrogens (tertiary/aromatic N) is 4. The zero-order chi connectivity index (χ0) is 15.8. The zero-order valence-electron chi connectivity index (χ0n) is 13.2. The molecule has 2 aromatic rings. The van der Waals surface area contributed by atoms with Crippen LogP contribution in [0.2, 0.25) is 0 Å². The van der Waals surface area contributed by atoms with E-state index in [1.807, 2.05) is 0 Å². The van der Waals surface area contributed by atoms with E-state index in [0.717, 1.165) is 6.42 Å². The van der Waals surface area contributed by atoms with Gasteiger partial charge in [0.2, 0.25) is 0 Å². The Morgan fingerprint density at radius 3 is 2.38 bits per heavy atom. The maximum atomic E-state index is 13.6. The molecule has 2 N–H and O–H groups in total. The van der Waals surface area contributed by atoms with Crippen LogP contribution in [0.1, 0.15) is 41.0 Å². The number of nitrogen functional groups attached to an aromatic ring is 1. The Kier molecular flexibility index (Phi) is 3.74. The van der Waals surface area contributed by atoms with Gasteiger partial charge >= 0.3 is 0 Å². The predicted molar refractivity (Wildman–Crippen MR) is 81.0 cm³/mol. The number of anilines is 1. The standard InChI is InChI=1S/C15H22FN5/c1-14(2,3)9-15(4,5)21-13(18-19-20-21)10-6-11(16)8-12(17)7-10/h6-8H,9,17H2,1-5H3. The number of halogens is 1. The molecule has 0 spiro atoms. The molecule has 0 aliphatic heterocycles. The van der Waals surface area contributed by atoms with Gasteiger partial charge in [0, 0.05) is 11.3 Å². The molecule has 21 heavy (non-hydrogen) atoms. The van der Waals surface area contributed by atoms with E-state index in [4.69, 9.17) is 5.73 Å². The zero-order valence-corrected chi connectivity index (χ0v) is 13.2. The summed E-state index contributed by atoms with van der Waals surface area (Å²) in [5.74, 6) is 0.128. The third-order valence-electron chi connectivity index (χ3n) is 3.18. The Labute approximate surface area is 124 Å². The first-order chi connectivity index (χ1) is 9.58. The molecule has 0 radical (unpaired) electrons. The third-order valence-corrected chi connectivity index (χ3v) is 3.18. The molecule has 6 heteroatoms. The Balaban J connectivity index is 2.47. The molecule has 0 unspecified atom stereocenters. The highest BCUT2D eigenvalue weighted by atomic mass is 19.1. The molecule has 0 fully saturated rings. The van der Waals surface area contributed by atoms with E-state index in [2.05, 4.69) is 50.1 Å². The van der Waals surface area contributed by atoms with E-state index in [-0.39, 0.29) is 11.0 Å². The van der Waals surface area contributed by atoms with E-state index in [1.54, 1.807) is 10.7 Å². The number of tetrazole rings is 1. The summed E-state index contributed by atoms with van der Waals surface area (Å²) < 4.78 is 15.3. The highest BCUT2D eigenvalue weighted by Gasteiger charge is 2.31. The van der Waals surface area contributed by atoms with Gasteiger partial charge in [-0.2, -0.15) is 0 Å². The summed E-state index contributed by atoms with van der Waals surface area (Å²) in [6, 6.07) is 4.35. The van der Waals surface area contributed by atoms with E-state index in [1.165, 1.54) is 12.1 Å². The van der Waals surface area contributed by atoms with Gasteiger partial charge in [0.25, 0.3) is 0 Å². The van der Waals surface area contributed by atoms with Crippen LogP contribution in [-0.2, 0) is 5.54 Å². The van der Waals surface area contributed by atoms with Crippen LogP contribution in [0.3, 0.4) is 0 Å². The number of rotatable bonds is 3. The van der Waals surface area contributed by atoms with Crippen molar-refractivity contribution in [2.75, 3.05) is 5.73 Å². The van der Waals surface area contributed by atoms with E-state index < -0.39 is 5.82 Å². The molecule has 0 amide bonds. The summed E-state index contributed by atoms with van der Waals surface area (Å²) in [6.45, 7) is 10.6. The molecular formula is C15H22FN5. The molecule has 114 valence electrons. The first-order valence-electron chi connectivity index (χ1n) is 6.94. The van der Waals surface area contributed by atoms with Crippen molar-refractivity contribution < 1.29 is 4.39 Å². The minimum absolute atomic E-state index is 0.119. The largest absolute Gasteiger partial charge is 0.399 e. The summed E-state index contributed by atoms with van der Waals surface area (Å²) in [4.78, 5) is 0. The summed E-state index contributed by atoms with van der Waals surface area (Å²) in [7, 11) is 0. The quantitative estimate of drug-likeness (QED) is 0.881. The normalized spacial score (nSPS) is 12.7. The second-order valence-electron chi connectivity index (χ2n) is 7.24. The second kappa shape index (κ2) is 5.09. The van der Waals surface area contributed by atoms with Crippen LogP contribution in [0.25, 0.3) is 11.4 Å².